The molecule has 5 heteroatoms. The molecule has 0 aliphatic heterocycles. The molecule has 0 saturated heterocycles. The third-order valence-corrected chi connectivity index (χ3v) is 4.16. The van der Waals surface area contributed by atoms with Gasteiger partial charge in [-0.3, -0.25) is 4.40 Å². The van der Waals surface area contributed by atoms with Crippen molar-refractivity contribution in [3.63, 3.8) is 0 Å². The Hall–Kier alpha value is -2.27. The van der Waals surface area contributed by atoms with Crippen molar-refractivity contribution < 1.29 is 9.90 Å². The van der Waals surface area contributed by atoms with Crippen LogP contribution >= 0.6 is 11.8 Å². The molecule has 0 saturated carbocycles. The molecule has 3 aromatic rings. The van der Waals surface area contributed by atoms with Crippen LogP contribution in [0.2, 0.25) is 0 Å². The molecule has 0 aliphatic rings. The zero-order chi connectivity index (χ0) is 14.1. The second-order valence-corrected chi connectivity index (χ2v) is 5.40. The highest BCUT2D eigenvalue weighted by Gasteiger charge is 2.19. The number of carboxylic acids is 1. The van der Waals surface area contributed by atoms with Crippen molar-refractivity contribution in [1.29, 1.82) is 0 Å². The maximum absolute atomic E-state index is 11.5. The average molecular weight is 284 g/mol. The first-order valence-electron chi connectivity index (χ1n) is 6.10. The summed E-state index contributed by atoms with van der Waals surface area (Å²) in [5, 5.41) is 9.94. The second-order valence-electron chi connectivity index (χ2n) is 4.37. The number of carboxylic acid groups (broad SMARTS) is 1. The number of aromatic nitrogens is 2. The van der Waals surface area contributed by atoms with E-state index in [1.165, 1.54) is 11.8 Å². The second kappa shape index (κ2) is 5.02. The Balaban J connectivity index is 2.14. The maximum atomic E-state index is 11.5. The van der Waals surface area contributed by atoms with Crippen LogP contribution in [-0.2, 0) is 0 Å². The van der Waals surface area contributed by atoms with E-state index < -0.39 is 5.97 Å². The van der Waals surface area contributed by atoms with Crippen LogP contribution in [0.3, 0.4) is 0 Å². The summed E-state index contributed by atoms with van der Waals surface area (Å²) >= 11 is 1.38. The quantitative estimate of drug-likeness (QED) is 0.800. The maximum Gasteiger partial charge on any atom is 0.355 e. The van der Waals surface area contributed by atoms with Gasteiger partial charge < -0.3 is 5.11 Å². The van der Waals surface area contributed by atoms with E-state index in [0.717, 1.165) is 10.5 Å². The van der Waals surface area contributed by atoms with E-state index >= 15 is 0 Å². The molecule has 0 fully saturated rings. The van der Waals surface area contributed by atoms with Crippen molar-refractivity contribution in [3.8, 4) is 0 Å². The van der Waals surface area contributed by atoms with Gasteiger partial charge in [0.15, 0.2) is 5.69 Å². The zero-order valence-electron chi connectivity index (χ0n) is 10.8. The normalized spacial score (nSPS) is 10.8. The van der Waals surface area contributed by atoms with Gasteiger partial charge in [0.05, 0.1) is 0 Å². The van der Waals surface area contributed by atoms with Crippen molar-refractivity contribution in [2.45, 2.75) is 16.8 Å². The monoisotopic (exact) mass is 284 g/mol. The van der Waals surface area contributed by atoms with Gasteiger partial charge in [-0.2, -0.15) is 0 Å². The third-order valence-electron chi connectivity index (χ3n) is 3.00. The van der Waals surface area contributed by atoms with Crippen molar-refractivity contribution >= 4 is 23.4 Å². The van der Waals surface area contributed by atoms with Crippen LogP contribution < -0.4 is 0 Å². The van der Waals surface area contributed by atoms with Gasteiger partial charge in [-0.15, -0.1) is 0 Å². The van der Waals surface area contributed by atoms with E-state index in [4.69, 9.17) is 0 Å². The highest BCUT2D eigenvalue weighted by atomic mass is 32.2. The number of benzene rings is 1. The molecule has 0 spiro atoms. The van der Waals surface area contributed by atoms with E-state index in [0.29, 0.717) is 10.7 Å². The summed E-state index contributed by atoms with van der Waals surface area (Å²) < 4.78 is 1.60. The highest BCUT2D eigenvalue weighted by molar-refractivity contribution is 7.99. The first kappa shape index (κ1) is 12.7. The van der Waals surface area contributed by atoms with E-state index in [2.05, 4.69) is 4.98 Å². The van der Waals surface area contributed by atoms with E-state index in [-0.39, 0.29) is 5.69 Å². The van der Waals surface area contributed by atoms with Crippen molar-refractivity contribution in [3.05, 3.63) is 59.9 Å². The molecule has 3 rings (SSSR count). The van der Waals surface area contributed by atoms with E-state index in [1.54, 1.807) is 22.7 Å². The molecule has 0 aliphatic carbocycles. The molecule has 0 radical (unpaired) electrons. The molecule has 0 bridgehead atoms. The highest BCUT2D eigenvalue weighted by Crippen LogP contribution is 2.32. The number of pyridine rings is 1. The number of aromatic carboxylic acids is 1. The number of rotatable bonds is 3. The molecular formula is C15H12N2O2S. The Kier molecular flexibility index (Phi) is 3.20. The van der Waals surface area contributed by atoms with Gasteiger partial charge in [0, 0.05) is 11.1 Å². The SMILES string of the molecule is Cc1ccccc1Sc1nc2ccccn2c1C(=O)O. The summed E-state index contributed by atoms with van der Waals surface area (Å²) in [7, 11) is 0. The predicted octanol–water partition coefficient (Wildman–Crippen LogP) is 3.49. The van der Waals surface area contributed by atoms with Gasteiger partial charge in [0.2, 0.25) is 0 Å². The van der Waals surface area contributed by atoms with Crippen LogP contribution in [-0.4, -0.2) is 20.5 Å². The summed E-state index contributed by atoms with van der Waals surface area (Å²) in [6.07, 6.45) is 1.72. The van der Waals surface area contributed by atoms with Gasteiger partial charge in [0.1, 0.15) is 10.7 Å². The number of hydrogen-bond donors (Lipinski definition) is 1. The van der Waals surface area contributed by atoms with Gasteiger partial charge in [-0.25, -0.2) is 9.78 Å². The van der Waals surface area contributed by atoms with E-state index in [1.807, 2.05) is 37.3 Å². The molecule has 4 nitrogen and oxygen atoms in total. The lowest BCUT2D eigenvalue weighted by atomic mass is 10.2. The minimum atomic E-state index is -0.972. The smallest absolute Gasteiger partial charge is 0.355 e. The largest absolute Gasteiger partial charge is 0.476 e. The first-order chi connectivity index (χ1) is 9.66. The van der Waals surface area contributed by atoms with E-state index in [9.17, 15) is 9.90 Å². The fourth-order valence-corrected chi connectivity index (χ4v) is 3.02. The van der Waals surface area contributed by atoms with Gasteiger partial charge in [-0.05, 0) is 30.7 Å². The van der Waals surface area contributed by atoms with Crippen molar-refractivity contribution in [1.82, 2.24) is 9.38 Å². The number of aryl methyl sites for hydroxylation is 1. The molecule has 0 unspecified atom stereocenters. The number of fused-ring (bicyclic) bond motifs is 1. The summed E-state index contributed by atoms with van der Waals surface area (Å²) in [5.41, 5.74) is 1.95. The fourth-order valence-electron chi connectivity index (χ4n) is 2.02. The Morgan fingerprint density at radius 3 is 2.70 bits per heavy atom. The molecule has 2 aromatic heterocycles. The van der Waals surface area contributed by atoms with Gasteiger partial charge in [0.25, 0.3) is 0 Å². The molecule has 0 amide bonds. The number of imidazole rings is 1. The third kappa shape index (κ3) is 2.16. The van der Waals surface area contributed by atoms with Crippen LogP contribution in [0, 0.1) is 6.92 Å². The Labute approximate surface area is 120 Å². The summed E-state index contributed by atoms with van der Waals surface area (Å²) in [4.78, 5) is 16.9. The summed E-state index contributed by atoms with van der Waals surface area (Å²) in [6.45, 7) is 2.00. The van der Waals surface area contributed by atoms with Crippen LogP contribution in [0.1, 0.15) is 16.1 Å². The van der Waals surface area contributed by atoms with Crippen molar-refractivity contribution in [2.75, 3.05) is 0 Å². The standard InChI is InChI=1S/C15H12N2O2S/c1-10-6-2-3-7-11(10)20-14-13(15(18)19)17-9-5-4-8-12(17)16-14/h2-9H,1H3,(H,18,19). The lowest BCUT2D eigenvalue weighted by Gasteiger charge is -2.03. The average Bonchev–Trinajstić information content (AvgIpc) is 2.79. The molecule has 100 valence electrons. The number of nitrogens with zero attached hydrogens (tertiary/aromatic N) is 2. The Bertz CT molecular complexity index is 795. The molecule has 1 N–H and O–H groups in total. The topological polar surface area (TPSA) is 54.6 Å². The summed E-state index contributed by atoms with van der Waals surface area (Å²) in [6, 6.07) is 13.3. The lowest BCUT2D eigenvalue weighted by molar-refractivity contribution is 0.0685. The van der Waals surface area contributed by atoms with Gasteiger partial charge in [-0.1, -0.05) is 36.0 Å². The Morgan fingerprint density at radius 1 is 1.20 bits per heavy atom. The molecule has 20 heavy (non-hydrogen) atoms. The van der Waals surface area contributed by atoms with Crippen LogP contribution in [0.5, 0.6) is 0 Å². The predicted molar refractivity (Wildman–Crippen MR) is 77.5 cm³/mol. The minimum Gasteiger partial charge on any atom is -0.476 e. The fraction of sp³-hybridized carbons (Fsp3) is 0.0667. The number of carbonyl (C=O) groups is 1. The van der Waals surface area contributed by atoms with Crippen LogP contribution in [0.25, 0.3) is 5.65 Å². The van der Waals surface area contributed by atoms with Crippen molar-refractivity contribution in [2.24, 2.45) is 0 Å². The van der Waals surface area contributed by atoms with Gasteiger partial charge >= 0.3 is 5.97 Å². The van der Waals surface area contributed by atoms with Crippen LogP contribution in [0.15, 0.2) is 58.6 Å². The summed E-state index contributed by atoms with van der Waals surface area (Å²) in [5.74, 6) is -0.972. The number of hydrogen-bond acceptors (Lipinski definition) is 3. The molecule has 0 atom stereocenters. The molecule has 2 heterocycles. The Morgan fingerprint density at radius 2 is 1.95 bits per heavy atom. The first-order valence-corrected chi connectivity index (χ1v) is 6.92. The minimum absolute atomic E-state index is 0.203. The molecular weight excluding hydrogens is 272 g/mol. The zero-order valence-corrected chi connectivity index (χ0v) is 11.6. The van der Waals surface area contributed by atoms with Crippen LogP contribution in [0.4, 0.5) is 0 Å². The lowest BCUT2D eigenvalue weighted by Crippen LogP contribution is -2.02. The molecule has 1 aromatic carbocycles.